The third-order valence-corrected chi connectivity index (χ3v) is 7.77. The molecule has 0 unspecified atom stereocenters. The predicted octanol–water partition coefficient (Wildman–Crippen LogP) is 2.74. The Balaban J connectivity index is 2.64. The maximum absolute atomic E-state index is 12.2. The highest BCUT2D eigenvalue weighted by Crippen LogP contribution is 2.41. The van der Waals surface area contributed by atoms with E-state index in [9.17, 15) is 8.42 Å². The van der Waals surface area contributed by atoms with Crippen molar-refractivity contribution in [3.8, 4) is 0 Å². The highest BCUT2D eigenvalue weighted by molar-refractivity contribution is 7.92. The first-order chi connectivity index (χ1) is 12.2. The van der Waals surface area contributed by atoms with Crippen LogP contribution in [0.1, 0.15) is 66.7 Å². The van der Waals surface area contributed by atoms with Gasteiger partial charge >= 0.3 is 0 Å². The van der Waals surface area contributed by atoms with Gasteiger partial charge < -0.3 is 15.4 Å². The van der Waals surface area contributed by atoms with E-state index in [1.54, 1.807) is 20.8 Å². The molecule has 0 amide bonds. The van der Waals surface area contributed by atoms with E-state index >= 15 is 0 Å². The van der Waals surface area contributed by atoms with Gasteiger partial charge in [-0.3, -0.25) is 4.99 Å². The Morgan fingerprint density at radius 2 is 1.81 bits per heavy atom. The lowest BCUT2D eigenvalue weighted by Gasteiger charge is -2.27. The zero-order valence-electron chi connectivity index (χ0n) is 17.4. The SMILES string of the molecule is CCNC(=NCC1(CCOCC)CCCC1)NCCS(=O)(=O)C(C)(C)C. The van der Waals surface area contributed by atoms with Crippen molar-refractivity contribution in [1.29, 1.82) is 0 Å². The van der Waals surface area contributed by atoms with Crippen molar-refractivity contribution >= 4 is 15.8 Å². The van der Waals surface area contributed by atoms with Gasteiger partial charge in [0.05, 0.1) is 10.5 Å². The molecule has 26 heavy (non-hydrogen) atoms. The van der Waals surface area contributed by atoms with E-state index in [1.807, 2.05) is 13.8 Å². The fourth-order valence-corrected chi connectivity index (χ4v) is 4.23. The highest BCUT2D eigenvalue weighted by Gasteiger charge is 2.33. The molecule has 0 aliphatic heterocycles. The summed E-state index contributed by atoms with van der Waals surface area (Å²) < 4.78 is 29.3. The maximum Gasteiger partial charge on any atom is 0.191 e. The van der Waals surface area contributed by atoms with Gasteiger partial charge in [0.15, 0.2) is 15.8 Å². The van der Waals surface area contributed by atoms with E-state index in [2.05, 4.69) is 10.6 Å². The number of nitrogens with one attached hydrogen (secondary N) is 2. The number of hydrogen-bond acceptors (Lipinski definition) is 4. The minimum Gasteiger partial charge on any atom is -0.382 e. The first-order valence-corrected chi connectivity index (χ1v) is 11.6. The van der Waals surface area contributed by atoms with Crippen LogP contribution in [0.4, 0.5) is 0 Å². The molecule has 0 aromatic rings. The Bertz CT molecular complexity index is 533. The number of rotatable bonds is 10. The number of guanidine groups is 1. The molecule has 0 heterocycles. The molecule has 1 aliphatic rings. The van der Waals surface area contributed by atoms with Gasteiger partial charge in [0.2, 0.25) is 0 Å². The molecule has 1 fully saturated rings. The zero-order valence-corrected chi connectivity index (χ0v) is 18.2. The number of sulfone groups is 1. The van der Waals surface area contributed by atoms with Gasteiger partial charge in [-0.25, -0.2) is 8.42 Å². The standard InChI is InChI=1S/C19H39N3O3S/c1-6-20-17(21-13-15-26(23,24)18(3,4)5)22-16-19(10-8-9-11-19)12-14-25-7-2/h6-16H2,1-5H3,(H2,20,21,22). The summed E-state index contributed by atoms with van der Waals surface area (Å²) in [6.07, 6.45) is 5.95. The number of ether oxygens (including phenoxy) is 1. The summed E-state index contributed by atoms with van der Waals surface area (Å²) in [6.45, 7) is 12.7. The second kappa shape index (κ2) is 10.5. The molecule has 1 aliphatic carbocycles. The van der Waals surface area contributed by atoms with E-state index in [1.165, 1.54) is 25.7 Å². The maximum atomic E-state index is 12.2. The lowest BCUT2D eigenvalue weighted by Crippen LogP contribution is -2.42. The summed E-state index contributed by atoms with van der Waals surface area (Å²) in [4.78, 5) is 4.77. The third-order valence-electron chi connectivity index (χ3n) is 5.16. The van der Waals surface area contributed by atoms with Gasteiger partial charge in [-0.1, -0.05) is 12.8 Å². The number of nitrogens with zero attached hydrogens (tertiary/aromatic N) is 1. The minimum absolute atomic E-state index is 0.108. The molecule has 6 nitrogen and oxygen atoms in total. The minimum atomic E-state index is -3.13. The Morgan fingerprint density at radius 3 is 2.35 bits per heavy atom. The average Bonchev–Trinajstić information content (AvgIpc) is 3.01. The van der Waals surface area contributed by atoms with Crippen molar-refractivity contribution < 1.29 is 13.2 Å². The number of aliphatic imine (C=N–C) groups is 1. The van der Waals surface area contributed by atoms with Crippen molar-refractivity contribution in [2.24, 2.45) is 10.4 Å². The lowest BCUT2D eigenvalue weighted by molar-refractivity contribution is 0.107. The van der Waals surface area contributed by atoms with E-state index in [0.29, 0.717) is 12.5 Å². The molecule has 0 spiro atoms. The van der Waals surface area contributed by atoms with Gasteiger partial charge in [-0.15, -0.1) is 0 Å². The van der Waals surface area contributed by atoms with Crippen molar-refractivity contribution in [2.45, 2.75) is 71.5 Å². The number of hydrogen-bond donors (Lipinski definition) is 2. The first-order valence-electron chi connectivity index (χ1n) is 9.98. The third kappa shape index (κ3) is 7.43. The molecule has 1 saturated carbocycles. The van der Waals surface area contributed by atoms with Crippen LogP contribution < -0.4 is 10.6 Å². The average molecular weight is 390 g/mol. The quantitative estimate of drug-likeness (QED) is 0.341. The van der Waals surface area contributed by atoms with Crippen molar-refractivity contribution in [2.75, 3.05) is 38.6 Å². The van der Waals surface area contributed by atoms with Gasteiger partial charge in [0.25, 0.3) is 0 Å². The molecular formula is C19H39N3O3S. The normalized spacial score (nSPS) is 18.1. The van der Waals surface area contributed by atoms with Crippen LogP contribution in [0.2, 0.25) is 0 Å². The predicted molar refractivity (Wildman–Crippen MR) is 110 cm³/mol. The van der Waals surface area contributed by atoms with Gasteiger partial charge in [-0.2, -0.15) is 0 Å². The molecule has 1 rings (SSSR count). The largest absolute Gasteiger partial charge is 0.382 e. The molecule has 154 valence electrons. The van der Waals surface area contributed by atoms with Crippen molar-refractivity contribution in [3.05, 3.63) is 0 Å². The van der Waals surface area contributed by atoms with Gasteiger partial charge in [0.1, 0.15) is 0 Å². The molecule has 0 saturated heterocycles. The first kappa shape index (κ1) is 23.2. The van der Waals surface area contributed by atoms with Crippen LogP contribution in [-0.2, 0) is 14.6 Å². The zero-order chi connectivity index (χ0) is 19.7. The molecule has 7 heteroatoms. The fraction of sp³-hybridized carbons (Fsp3) is 0.947. The Labute approximate surface area is 160 Å². The smallest absolute Gasteiger partial charge is 0.191 e. The van der Waals surface area contributed by atoms with Crippen LogP contribution in [0.25, 0.3) is 0 Å². The van der Waals surface area contributed by atoms with Crippen LogP contribution >= 0.6 is 0 Å². The Morgan fingerprint density at radius 1 is 1.15 bits per heavy atom. The molecule has 0 aromatic heterocycles. The summed E-state index contributed by atoms with van der Waals surface area (Å²) in [7, 11) is -3.13. The van der Waals surface area contributed by atoms with E-state index in [0.717, 1.165) is 32.7 Å². The van der Waals surface area contributed by atoms with Gasteiger partial charge in [-0.05, 0) is 59.3 Å². The monoisotopic (exact) mass is 389 g/mol. The van der Waals surface area contributed by atoms with Crippen LogP contribution in [0.15, 0.2) is 4.99 Å². The van der Waals surface area contributed by atoms with E-state index in [-0.39, 0.29) is 11.2 Å². The summed E-state index contributed by atoms with van der Waals surface area (Å²) in [6, 6.07) is 0. The summed E-state index contributed by atoms with van der Waals surface area (Å²) in [5.74, 6) is 0.815. The fourth-order valence-electron chi connectivity index (χ4n) is 3.24. The molecular weight excluding hydrogens is 350 g/mol. The van der Waals surface area contributed by atoms with E-state index in [4.69, 9.17) is 9.73 Å². The molecule has 2 N–H and O–H groups in total. The van der Waals surface area contributed by atoms with Crippen LogP contribution in [0.5, 0.6) is 0 Å². The van der Waals surface area contributed by atoms with Crippen LogP contribution in [-0.4, -0.2) is 57.7 Å². The second-order valence-electron chi connectivity index (χ2n) is 8.21. The highest BCUT2D eigenvalue weighted by atomic mass is 32.2. The molecule has 0 aromatic carbocycles. The molecule has 0 atom stereocenters. The Kier molecular flexibility index (Phi) is 9.38. The lowest BCUT2D eigenvalue weighted by atomic mass is 9.83. The summed E-state index contributed by atoms with van der Waals surface area (Å²) >= 11 is 0. The Hall–Kier alpha value is -0.820. The topological polar surface area (TPSA) is 79.8 Å². The second-order valence-corrected chi connectivity index (χ2v) is 11.1. The summed E-state index contributed by atoms with van der Waals surface area (Å²) in [5.41, 5.74) is 0.231. The molecule has 0 radical (unpaired) electrons. The van der Waals surface area contributed by atoms with Crippen LogP contribution in [0, 0.1) is 5.41 Å². The van der Waals surface area contributed by atoms with E-state index < -0.39 is 14.6 Å². The molecule has 0 bridgehead atoms. The van der Waals surface area contributed by atoms with Crippen molar-refractivity contribution in [1.82, 2.24) is 10.6 Å². The van der Waals surface area contributed by atoms with Gasteiger partial charge in [0, 0.05) is 32.8 Å². The van der Waals surface area contributed by atoms with Crippen molar-refractivity contribution in [3.63, 3.8) is 0 Å². The summed E-state index contributed by atoms with van der Waals surface area (Å²) in [5, 5.41) is 6.41. The van der Waals surface area contributed by atoms with Crippen LogP contribution in [0.3, 0.4) is 0 Å².